The van der Waals surface area contributed by atoms with Crippen molar-refractivity contribution in [2.45, 2.75) is 32.8 Å². The Labute approximate surface area is 121 Å². The lowest BCUT2D eigenvalue weighted by molar-refractivity contribution is 0.147. The van der Waals surface area contributed by atoms with E-state index in [9.17, 15) is 5.11 Å². The summed E-state index contributed by atoms with van der Waals surface area (Å²) in [4.78, 5) is 0. The highest BCUT2D eigenvalue weighted by atomic mass is 16.5. The van der Waals surface area contributed by atoms with Crippen LogP contribution in [0, 0.1) is 13.8 Å². The summed E-state index contributed by atoms with van der Waals surface area (Å²) in [5.41, 5.74) is 4.24. The molecule has 0 aliphatic carbocycles. The van der Waals surface area contributed by atoms with Crippen molar-refractivity contribution in [2.24, 2.45) is 0 Å². The highest BCUT2D eigenvalue weighted by molar-refractivity contribution is 5.47. The molecule has 0 aliphatic heterocycles. The first-order valence-electron chi connectivity index (χ1n) is 6.93. The molecule has 0 saturated carbocycles. The second kappa shape index (κ2) is 6.10. The molecule has 20 heavy (non-hydrogen) atoms. The van der Waals surface area contributed by atoms with E-state index in [1.165, 1.54) is 5.56 Å². The number of benzene rings is 2. The number of hydrogen-bond donors (Lipinski definition) is 1. The van der Waals surface area contributed by atoms with E-state index in [0.717, 1.165) is 22.4 Å². The lowest BCUT2D eigenvalue weighted by Gasteiger charge is -2.23. The van der Waals surface area contributed by atoms with Gasteiger partial charge in [-0.1, -0.05) is 49.4 Å². The molecule has 0 saturated heterocycles. The second-order valence-corrected chi connectivity index (χ2v) is 5.27. The fraction of sp³-hybridized carbons (Fsp3) is 0.333. The van der Waals surface area contributed by atoms with Crippen molar-refractivity contribution in [1.29, 1.82) is 0 Å². The third-order valence-corrected chi connectivity index (χ3v) is 4.03. The van der Waals surface area contributed by atoms with Crippen LogP contribution in [-0.2, 0) is 0 Å². The highest BCUT2D eigenvalue weighted by Crippen LogP contribution is 2.37. The van der Waals surface area contributed by atoms with Gasteiger partial charge in [0, 0.05) is 11.5 Å². The van der Waals surface area contributed by atoms with E-state index in [-0.39, 0.29) is 5.92 Å². The average molecular weight is 270 g/mol. The van der Waals surface area contributed by atoms with Crippen LogP contribution in [0.5, 0.6) is 5.75 Å². The van der Waals surface area contributed by atoms with Gasteiger partial charge in [-0.3, -0.25) is 0 Å². The monoisotopic (exact) mass is 270 g/mol. The van der Waals surface area contributed by atoms with Gasteiger partial charge in [-0.25, -0.2) is 0 Å². The van der Waals surface area contributed by atoms with E-state index in [2.05, 4.69) is 6.92 Å². The molecular formula is C18H22O2. The van der Waals surface area contributed by atoms with Crippen molar-refractivity contribution in [3.05, 3.63) is 64.7 Å². The van der Waals surface area contributed by atoms with E-state index in [0.29, 0.717) is 0 Å². The number of aryl methyl sites for hydroxylation is 1. The second-order valence-electron chi connectivity index (χ2n) is 5.27. The maximum atomic E-state index is 10.7. The van der Waals surface area contributed by atoms with Gasteiger partial charge >= 0.3 is 0 Å². The van der Waals surface area contributed by atoms with Crippen LogP contribution in [0.2, 0.25) is 0 Å². The summed E-state index contributed by atoms with van der Waals surface area (Å²) < 4.78 is 5.50. The molecule has 2 aromatic carbocycles. The first kappa shape index (κ1) is 14.6. The highest BCUT2D eigenvalue weighted by Gasteiger charge is 2.22. The minimum atomic E-state index is -0.577. The maximum Gasteiger partial charge on any atom is 0.127 e. The molecule has 1 N–H and O–H groups in total. The van der Waals surface area contributed by atoms with Gasteiger partial charge in [0.05, 0.1) is 13.2 Å². The van der Waals surface area contributed by atoms with Crippen LogP contribution in [-0.4, -0.2) is 12.2 Å². The van der Waals surface area contributed by atoms with Crippen molar-refractivity contribution in [3.8, 4) is 5.75 Å². The van der Waals surface area contributed by atoms with Crippen molar-refractivity contribution in [3.63, 3.8) is 0 Å². The fourth-order valence-corrected chi connectivity index (χ4v) is 2.52. The minimum absolute atomic E-state index is 0.0206. The number of aliphatic hydroxyl groups excluding tert-OH is 1. The number of aliphatic hydroxyl groups is 1. The van der Waals surface area contributed by atoms with Gasteiger partial charge in [-0.05, 0) is 30.5 Å². The Hall–Kier alpha value is -1.80. The number of ether oxygens (including phenoxy) is 1. The van der Waals surface area contributed by atoms with Crippen molar-refractivity contribution in [1.82, 2.24) is 0 Å². The molecule has 0 radical (unpaired) electrons. The molecule has 0 aliphatic rings. The molecule has 0 bridgehead atoms. The van der Waals surface area contributed by atoms with Gasteiger partial charge < -0.3 is 9.84 Å². The lowest BCUT2D eigenvalue weighted by Crippen LogP contribution is -2.10. The number of rotatable bonds is 4. The van der Waals surface area contributed by atoms with Crippen LogP contribution in [0.15, 0.2) is 42.5 Å². The molecule has 2 aromatic rings. The number of methoxy groups -OCH3 is 1. The summed E-state index contributed by atoms with van der Waals surface area (Å²) in [7, 11) is 1.66. The Balaban J connectivity index is 2.39. The first-order valence-corrected chi connectivity index (χ1v) is 6.93. The van der Waals surface area contributed by atoms with Gasteiger partial charge in [-0.2, -0.15) is 0 Å². The van der Waals surface area contributed by atoms with Crippen LogP contribution in [0.4, 0.5) is 0 Å². The summed E-state index contributed by atoms with van der Waals surface area (Å²) >= 11 is 0. The summed E-state index contributed by atoms with van der Waals surface area (Å²) in [6.07, 6.45) is -0.577. The molecule has 2 heteroatoms. The first-order chi connectivity index (χ1) is 9.56. The molecular weight excluding hydrogens is 248 g/mol. The predicted octanol–water partition coefficient (Wildman–Crippen LogP) is 4.15. The van der Waals surface area contributed by atoms with Gasteiger partial charge in [0.25, 0.3) is 0 Å². The van der Waals surface area contributed by atoms with E-state index < -0.39 is 6.10 Å². The van der Waals surface area contributed by atoms with Gasteiger partial charge in [0.15, 0.2) is 0 Å². The molecule has 2 atom stereocenters. The summed E-state index contributed by atoms with van der Waals surface area (Å²) in [6.45, 7) is 6.11. The zero-order chi connectivity index (χ0) is 14.7. The zero-order valence-corrected chi connectivity index (χ0v) is 12.6. The SMILES string of the molecule is COc1c(C(O)C(C)c2ccccc2)ccc(C)c1C. The van der Waals surface area contributed by atoms with Gasteiger partial charge in [0.2, 0.25) is 0 Å². The molecule has 2 nitrogen and oxygen atoms in total. The third kappa shape index (κ3) is 2.70. The summed E-state index contributed by atoms with van der Waals surface area (Å²) in [5, 5.41) is 10.7. The van der Waals surface area contributed by atoms with Crippen LogP contribution in [0.1, 0.15) is 41.2 Å². The van der Waals surface area contributed by atoms with Crippen LogP contribution in [0.25, 0.3) is 0 Å². The normalized spacial score (nSPS) is 13.8. The topological polar surface area (TPSA) is 29.5 Å². The van der Waals surface area contributed by atoms with E-state index in [1.807, 2.05) is 56.3 Å². The van der Waals surface area contributed by atoms with Gasteiger partial charge in [-0.15, -0.1) is 0 Å². The zero-order valence-electron chi connectivity index (χ0n) is 12.6. The fourth-order valence-electron chi connectivity index (χ4n) is 2.52. The van der Waals surface area contributed by atoms with Crippen LogP contribution >= 0.6 is 0 Å². The molecule has 0 spiro atoms. The van der Waals surface area contributed by atoms with Gasteiger partial charge in [0.1, 0.15) is 5.75 Å². The Kier molecular flexibility index (Phi) is 4.46. The Morgan fingerprint density at radius 1 is 1.00 bits per heavy atom. The van der Waals surface area contributed by atoms with Crippen LogP contribution in [0.3, 0.4) is 0 Å². The maximum absolute atomic E-state index is 10.7. The van der Waals surface area contributed by atoms with Crippen molar-refractivity contribution < 1.29 is 9.84 Å². The Morgan fingerprint density at radius 2 is 1.65 bits per heavy atom. The molecule has 0 heterocycles. The molecule has 0 amide bonds. The lowest BCUT2D eigenvalue weighted by atomic mass is 9.89. The standard InChI is InChI=1S/C18H22O2/c1-12-10-11-16(18(20-4)13(12)2)17(19)14(3)15-8-6-5-7-9-15/h5-11,14,17,19H,1-4H3. The quantitative estimate of drug-likeness (QED) is 0.904. The predicted molar refractivity (Wildman–Crippen MR) is 82.3 cm³/mol. The smallest absolute Gasteiger partial charge is 0.127 e. The molecule has 2 rings (SSSR count). The molecule has 2 unspecified atom stereocenters. The van der Waals surface area contributed by atoms with Crippen molar-refractivity contribution in [2.75, 3.05) is 7.11 Å². The summed E-state index contributed by atoms with van der Waals surface area (Å²) in [6, 6.07) is 14.1. The molecule has 0 fully saturated rings. The van der Waals surface area contributed by atoms with E-state index in [4.69, 9.17) is 4.74 Å². The largest absolute Gasteiger partial charge is 0.496 e. The van der Waals surface area contributed by atoms with Crippen molar-refractivity contribution >= 4 is 0 Å². The Bertz CT molecular complexity index is 575. The van der Waals surface area contributed by atoms with E-state index in [1.54, 1.807) is 7.11 Å². The average Bonchev–Trinajstić information content (AvgIpc) is 2.49. The Morgan fingerprint density at radius 3 is 2.25 bits per heavy atom. The van der Waals surface area contributed by atoms with E-state index >= 15 is 0 Å². The molecule has 0 aromatic heterocycles. The summed E-state index contributed by atoms with van der Waals surface area (Å²) in [5.74, 6) is 0.812. The van der Waals surface area contributed by atoms with Crippen LogP contribution < -0.4 is 4.74 Å². The minimum Gasteiger partial charge on any atom is -0.496 e. The number of hydrogen-bond acceptors (Lipinski definition) is 2. The third-order valence-electron chi connectivity index (χ3n) is 4.03. The molecule has 106 valence electrons.